The summed E-state index contributed by atoms with van der Waals surface area (Å²) in [7, 11) is 0. The van der Waals surface area contributed by atoms with E-state index in [4.69, 9.17) is 0 Å². The van der Waals surface area contributed by atoms with Crippen molar-refractivity contribution in [1.82, 2.24) is 16.8 Å². The van der Waals surface area contributed by atoms with E-state index < -0.39 is 23.3 Å². The smallest absolute Gasteiger partial charge is 0.530 e. The van der Waals surface area contributed by atoms with Crippen molar-refractivity contribution in [2.45, 2.75) is 105 Å². The molecule has 228 valence electrons. The van der Waals surface area contributed by atoms with Crippen molar-refractivity contribution in [1.29, 1.82) is 0 Å². The second-order valence-electron chi connectivity index (χ2n) is 13.8. The molecule has 40 heavy (non-hydrogen) atoms. The molecule has 3 rings (SSSR count). The zero-order valence-electron chi connectivity index (χ0n) is 25.9. The molecule has 0 saturated carbocycles. The van der Waals surface area contributed by atoms with Gasteiger partial charge in [0, 0.05) is 28.9 Å². The molecular formula is C31H50N4O4Pt. The second kappa shape index (κ2) is 16.1. The molecule has 0 saturated heterocycles. The first-order valence-corrected chi connectivity index (χ1v) is 13.2. The van der Waals surface area contributed by atoms with Crippen molar-refractivity contribution in [3.63, 3.8) is 0 Å². The monoisotopic (exact) mass is 737 g/mol. The Hall–Kier alpha value is -2.44. The molecule has 5 N–H and O–H groups in total. The van der Waals surface area contributed by atoms with Crippen LogP contribution in [-0.4, -0.2) is 29.5 Å². The molecule has 0 aromatic heterocycles. The number of carbonyl (C=O) groups excluding carboxylic acids is 2. The number of fused-ring (bicyclic) bond motifs is 3. The molecule has 1 aliphatic heterocycles. The van der Waals surface area contributed by atoms with Gasteiger partial charge in [0.2, 0.25) is 0 Å². The average molecular weight is 738 g/mol. The molecule has 0 spiro atoms. The summed E-state index contributed by atoms with van der Waals surface area (Å²) in [5.74, 6) is 0.487. The van der Waals surface area contributed by atoms with Crippen molar-refractivity contribution in [3.05, 3.63) is 59.3 Å². The summed E-state index contributed by atoms with van der Waals surface area (Å²) in [6.45, 7) is 19.9. The molecule has 1 atom stereocenters. The summed E-state index contributed by atoms with van der Waals surface area (Å²) in [6, 6.07) is 8.51. The molecule has 2 amide bonds. The van der Waals surface area contributed by atoms with E-state index in [2.05, 4.69) is 99.7 Å². The fourth-order valence-corrected chi connectivity index (χ4v) is 5.42. The van der Waals surface area contributed by atoms with Crippen molar-refractivity contribution >= 4 is 18.4 Å². The molecule has 0 bridgehead atoms. The number of carbonyl (C=O) groups is 2. The fraction of sp³-hybridized carbons (Fsp3) is 0.581. The minimum absolute atomic E-state index is 0. The van der Waals surface area contributed by atoms with Crippen LogP contribution in [0, 0.1) is 10.8 Å². The largest absolute Gasteiger partial charge is 2.00 e. The van der Waals surface area contributed by atoms with Gasteiger partial charge in [-0.1, -0.05) is 78.0 Å². The van der Waals surface area contributed by atoms with Crippen LogP contribution in [0.3, 0.4) is 0 Å². The van der Waals surface area contributed by atoms with Crippen LogP contribution in [-0.2, 0) is 21.1 Å². The minimum Gasteiger partial charge on any atom is -0.530 e. The molecule has 0 fully saturated rings. The fourth-order valence-electron chi connectivity index (χ4n) is 5.42. The average Bonchev–Trinajstić information content (AvgIpc) is 2.69. The number of aliphatic imine (C=N–C) groups is 1. The Morgan fingerprint density at radius 2 is 1.30 bits per heavy atom. The normalized spacial score (nSPS) is 15.6. The third kappa shape index (κ3) is 16.6. The number of rotatable bonds is 4. The van der Waals surface area contributed by atoms with Crippen molar-refractivity contribution < 1.29 is 40.9 Å². The molecule has 1 unspecified atom stereocenters. The molecule has 1 aromatic carbocycles. The Morgan fingerprint density at radius 1 is 0.850 bits per heavy atom. The Bertz CT molecular complexity index is 1010. The number of hydrogen-bond donors (Lipinski definition) is 3. The Morgan fingerprint density at radius 3 is 1.73 bits per heavy atom. The van der Waals surface area contributed by atoms with Crippen molar-refractivity contribution in [2.24, 2.45) is 15.8 Å². The first kappa shape index (κ1) is 39.7. The van der Waals surface area contributed by atoms with E-state index >= 15 is 0 Å². The van der Waals surface area contributed by atoms with Gasteiger partial charge < -0.3 is 36.6 Å². The summed E-state index contributed by atoms with van der Waals surface area (Å²) in [6.07, 6.45) is 8.64. The number of allylic oxidation sites excluding steroid dienone is 4. The van der Waals surface area contributed by atoms with Crippen LogP contribution in [0.4, 0.5) is 9.59 Å². The first-order valence-electron chi connectivity index (χ1n) is 13.2. The van der Waals surface area contributed by atoms with Gasteiger partial charge >= 0.3 is 21.1 Å². The SMILES string of the molecule is C1=CCC2C(=C1)N=Cc1ccccc12.CC(C)(C)CC(C)(C)NC(=O)[O-].CC(C)(C)CC(C)(C)NC(=O)[O-].N.[Pt+2]. The Labute approximate surface area is 256 Å². The Balaban J connectivity index is 0. The van der Waals surface area contributed by atoms with Crippen LogP contribution < -0.4 is 27.0 Å². The number of hydrogen-bond acceptors (Lipinski definition) is 6. The minimum atomic E-state index is -1.20. The van der Waals surface area contributed by atoms with Crippen molar-refractivity contribution in [2.75, 3.05) is 0 Å². The molecule has 1 aromatic rings. The number of nitrogens with zero attached hydrogens (tertiary/aromatic N) is 1. The van der Waals surface area contributed by atoms with Gasteiger partial charge in [-0.3, -0.25) is 4.99 Å². The third-order valence-corrected chi connectivity index (χ3v) is 5.68. The van der Waals surface area contributed by atoms with Crippen LogP contribution in [0.2, 0.25) is 0 Å². The molecular weight excluding hydrogens is 687 g/mol. The predicted octanol–water partition coefficient (Wildman–Crippen LogP) is 5.47. The van der Waals surface area contributed by atoms with E-state index in [1.54, 1.807) is 0 Å². The van der Waals surface area contributed by atoms with E-state index in [1.807, 2.05) is 33.9 Å². The van der Waals surface area contributed by atoms with Crippen molar-refractivity contribution in [3.8, 4) is 0 Å². The van der Waals surface area contributed by atoms with E-state index in [-0.39, 0.29) is 38.0 Å². The van der Waals surface area contributed by atoms with Crippen LogP contribution in [0.5, 0.6) is 0 Å². The zero-order valence-corrected chi connectivity index (χ0v) is 28.2. The summed E-state index contributed by atoms with van der Waals surface area (Å²) in [4.78, 5) is 25.0. The maximum absolute atomic E-state index is 10.3. The van der Waals surface area contributed by atoms with Crippen LogP contribution in [0.15, 0.2) is 53.2 Å². The topological polar surface area (TPSA) is 152 Å². The van der Waals surface area contributed by atoms with Gasteiger partial charge in [-0.05, 0) is 75.0 Å². The van der Waals surface area contributed by atoms with Gasteiger partial charge in [-0.25, -0.2) is 0 Å². The van der Waals surface area contributed by atoms with Crippen LogP contribution in [0.1, 0.15) is 106 Å². The third-order valence-electron chi connectivity index (χ3n) is 5.68. The van der Waals surface area contributed by atoms with Crippen LogP contribution >= 0.6 is 0 Å². The summed E-state index contributed by atoms with van der Waals surface area (Å²) >= 11 is 0. The van der Waals surface area contributed by atoms with E-state index in [0.29, 0.717) is 5.92 Å². The first-order chi connectivity index (χ1) is 17.2. The van der Waals surface area contributed by atoms with E-state index in [0.717, 1.165) is 19.3 Å². The zero-order chi connectivity index (χ0) is 29.4. The summed E-state index contributed by atoms with van der Waals surface area (Å²) in [5.41, 5.74) is 3.31. The van der Waals surface area contributed by atoms with E-state index in [9.17, 15) is 19.8 Å². The second-order valence-corrected chi connectivity index (χ2v) is 13.8. The quantitative estimate of drug-likeness (QED) is 0.374. The molecule has 8 nitrogen and oxygen atoms in total. The standard InChI is InChI=1S/C13H11N.2C9H19NO2.H3N.Pt/c1-2-6-11-10(5-1)9-14-13-8-4-3-7-12(11)13;2*1-8(2,3)6-9(4,5)10-7(11)12;;/h1-6,8-9,12H,7H2;2*10H,6H2,1-5H3,(H,11,12);1H3;/q;;;;+2/p-2. The molecule has 0 radical (unpaired) electrons. The van der Waals surface area contributed by atoms with E-state index in [1.165, 1.54) is 16.8 Å². The number of nitrogens with one attached hydrogen (secondary N) is 2. The van der Waals surface area contributed by atoms with Gasteiger partial charge in [-0.2, -0.15) is 0 Å². The number of amides is 2. The Kier molecular flexibility index (Phi) is 16.0. The number of benzene rings is 1. The summed E-state index contributed by atoms with van der Waals surface area (Å²) < 4.78 is 0. The molecule has 1 heterocycles. The maximum Gasteiger partial charge on any atom is 2.00 e. The molecule has 1 aliphatic carbocycles. The van der Waals surface area contributed by atoms with Gasteiger partial charge in [0.25, 0.3) is 0 Å². The molecule has 2 aliphatic rings. The van der Waals surface area contributed by atoms with Gasteiger partial charge in [0.05, 0.1) is 0 Å². The number of carboxylic acid groups (broad SMARTS) is 2. The summed E-state index contributed by atoms with van der Waals surface area (Å²) in [5, 5.41) is 25.3. The maximum atomic E-state index is 10.3. The van der Waals surface area contributed by atoms with Gasteiger partial charge in [0.1, 0.15) is 12.2 Å². The predicted molar refractivity (Wildman–Crippen MR) is 157 cm³/mol. The van der Waals surface area contributed by atoms with Gasteiger partial charge in [-0.15, -0.1) is 0 Å². The molecule has 9 heteroatoms. The van der Waals surface area contributed by atoms with Crippen LogP contribution in [0.25, 0.3) is 0 Å². The van der Waals surface area contributed by atoms with Gasteiger partial charge in [0.15, 0.2) is 0 Å².